The first-order valence-electron chi connectivity index (χ1n) is 6.79. The quantitative estimate of drug-likeness (QED) is 0.700. The van der Waals surface area contributed by atoms with Crippen molar-refractivity contribution in [2.24, 2.45) is 5.92 Å². The van der Waals surface area contributed by atoms with Crippen LogP contribution >= 0.6 is 0 Å². The summed E-state index contributed by atoms with van der Waals surface area (Å²) in [5, 5.41) is 5.83. The van der Waals surface area contributed by atoms with Crippen molar-refractivity contribution in [1.82, 2.24) is 10.3 Å². The topological polar surface area (TPSA) is 63.2 Å². The molecular weight excluding hydrogens is 242 g/mol. The number of pyridine rings is 1. The van der Waals surface area contributed by atoms with E-state index in [2.05, 4.69) is 15.6 Å². The number of hydrogen-bond donors (Lipinski definition) is 2. The molecule has 104 valence electrons. The van der Waals surface area contributed by atoms with Gasteiger partial charge in [-0.1, -0.05) is 0 Å². The van der Waals surface area contributed by atoms with Gasteiger partial charge in [0, 0.05) is 38.7 Å². The van der Waals surface area contributed by atoms with Crippen LogP contribution in [0, 0.1) is 5.92 Å². The van der Waals surface area contributed by atoms with E-state index in [4.69, 9.17) is 4.74 Å². The molecule has 1 heterocycles. The van der Waals surface area contributed by atoms with Crippen LogP contribution in [0.2, 0.25) is 0 Å². The van der Waals surface area contributed by atoms with Crippen LogP contribution in [0.15, 0.2) is 18.3 Å². The van der Waals surface area contributed by atoms with E-state index in [-0.39, 0.29) is 5.91 Å². The molecule has 1 saturated carbocycles. The van der Waals surface area contributed by atoms with Crippen LogP contribution in [-0.4, -0.2) is 37.7 Å². The van der Waals surface area contributed by atoms with Crippen LogP contribution in [0.3, 0.4) is 0 Å². The Bertz CT molecular complexity index is 419. The van der Waals surface area contributed by atoms with Gasteiger partial charge >= 0.3 is 0 Å². The van der Waals surface area contributed by atoms with E-state index in [0.717, 1.165) is 37.8 Å². The molecule has 0 atom stereocenters. The van der Waals surface area contributed by atoms with Gasteiger partial charge in [0.1, 0.15) is 5.69 Å². The fourth-order valence-corrected chi connectivity index (χ4v) is 1.73. The lowest BCUT2D eigenvalue weighted by atomic mass is 10.3. The fourth-order valence-electron chi connectivity index (χ4n) is 1.73. The SMILES string of the molecule is CNC(=O)c1cc(NCCCOCC2CC2)ccn1. The molecule has 5 heteroatoms. The summed E-state index contributed by atoms with van der Waals surface area (Å²) in [6.07, 6.45) is 5.26. The number of nitrogens with zero attached hydrogens (tertiary/aromatic N) is 1. The number of anilines is 1. The zero-order valence-corrected chi connectivity index (χ0v) is 11.3. The number of nitrogens with one attached hydrogen (secondary N) is 2. The van der Waals surface area contributed by atoms with Gasteiger partial charge in [0.05, 0.1) is 0 Å². The van der Waals surface area contributed by atoms with Gasteiger partial charge in [-0.2, -0.15) is 0 Å². The summed E-state index contributed by atoms with van der Waals surface area (Å²) in [7, 11) is 1.60. The second-order valence-electron chi connectivity index (χ2n) is 4.81. The normalized spacial score (nSPS) is 14.2. The van der Waals surface area contributed by atoms with Crippen molar-refractivity contribution in [2.75, 3.05) is 32.1 Å². The molecule has 2 rings (SSSR count). The van der Waals surface area contributed by atoms with E-state index in [1.807, 2.05) is 6.07 Å². The molecule has 0 unspecified atom stereocenters. The third-order valence-electron chi connectivity index (χ3n) is 3.06. The third kappa shape index (κ3) is 4.87. The molecule has 1 amide bonds. The van der Waals surface area contributed by atoms with E-state index in [1.54, 1.807) is 19.3 Å². The lowest BCUT2D eigenvalue weighted by Gasteiger charge is -2.08. The van der Waals surface area contributed by atoms with Gasteiger partial charge in [-0.3, -0.25) is 9.78 Å². The molecule has 0 radical (unpaired) electrons. The molecule has 1 aliphatic rings. The summed E-state index contributed by atoms with van der Waals surface area (Å²) in [6, 6.07) is 3.61. The van der Waals surface area contributed by atoms with Crippen LogP contribution in [0.25, 0.3) is 0 Å². The number of hydrogen-bond acceptors (Lipinski definition) is 4. The summed E-state index contributed by atoms with van der Waals surface area (Å²) >= 11 is 0. The molecule has 5 nitrogen and oxygen atoms in total. The monoisotopic (exact) mass is 263 g/mol. The molecule has 1 aromatic rings. The fraction of sp³-hybridized carbons (Fsp3) is 0.571. The first-order chi connectivity index (χ1) is 9.29. The molecule has 0 aromatic carbocycles. The van der Waals surface area contributed by atoms with Crippen molar-refractivity contribution in [1.29, 1.82) is 0 Å². The van der Waals surface area contributed by atoms with E-state index in [0.29, 0.717) is 5.69 Å². The maximum Gasteiger partial charge on any atom is 0.269 e. The Morgan fingerprint density at radius 2 is 2.37 bits per heavy atom. The van der Waals surface area contributed by atoms with Crippen LogP contribution in [0.5, 0.6) is 0 Å². The Morgan fingerprint density at radius 1 is 1.53 bits per heavy atom. The number of amides is 1. The molecule has 0 saturated heterocycles. The highest BCUT2D eigenvalue weighted by Gasteiger charge is 2.20. The Morgan fingerprint density at radius 3 is 3.11 bits per heavy atom. The van der Waals surface area contributed by atoms with Gasteiger partial charge in [0.2, 0.25) is 0 Å². The smallest absolute Gasteiger partial charge is 0.269 e. The average Bonchev–Trinajstić information content (AvgIpc) is 3.26. The molecule has 1 fully saturated rings. The van der Waals surface area contributed by atoms with E-state index >= 15 is 0 Å². The minimum Gasteiger partial charge on any atom is -0.385 e. The highest BCUT2D eigenvalue weighted by molar-refractivity contribution is 5.92. The van der Waals surface area contributed by atoms with Gasteiger partial charge in [-0.25, -0.2) is 0 Å². The summed E-state index contributed by atoms with van der Waals surface area (Å²) in [5.74, 6) is 0.652. The molecule has 1 aromatic heterocycles. The first kappa shape index (κ1) is 13.8. The number of rotatable bonds is 8. The summed E-state index contributed by atoms with van der Waals surface area (Å²) in [6.45, 7) is 2.54. The maximum atomic E-state index is 11.4. The Kier molecular flexibility index (Phi) is 5.15. The van der Waals surface area contributed by atoms with Crippen molar-refractivity contribution < 1.29 is 9.53 Å². The molecule has 0 bridgehead atoms. The van der Waals surface area contributed by atoms with Crippen molar-refractivity contribution in [3.63, 3.8) is 0 Å². The lowest BCUT2D eigenvalue weighted by molar-refractivity contribution is 0.0958. The van der Waals surface area contributed by atoms with E-state index < -0.39 is 0 Å². The molecule has 0 aliphatic heterocycles. The van der Waals surface area contributed by atoms with Crippen molar-refractivity contribution in [3.05, 3.63) is 24.0 Å². The van der Waals surface area contributed by atoms with Crippen molar-refractivity contribution in [3.8, 4) is 0 Å². The zero-order chi connectivity index (χ0) is 13.5. The van der Waals surface area contributed by atoms with Crippen molar-refractivity contribution in [2.45, 2.75) is 19.3 Å². The minimum absolute atomic E-state index is 0.170. The lowest BCUT2D eigenvalue weighted by Crippen LogP contribution is -2.19. The van der Waals surface area contributed by atoms with Gasteiger partial charge in [0.25, 0.3) is 5.91 Å². The van der Waals surface area contributed by atoms with Crippen LogP contribution in [0.1, 0.15) is 29.8 Å². The number of aromatic nitrogens is 1. The molecule has 19 heavy (non-hydrogen) atoms. The summed E-state index contributed by atoms with van der Waals surface area (Å²) in [4.78, 5) is 15.4. The van der Waals surface area contributed by atoms with Gasteiger partial charge < -0.3 is 15.4 Å². The highest BCUT2D eigenvalue weighted by Crippen LogP contribution is 2.28. The van der Waals surface area contributed by atoms with Crippen molar-refractivity contribution >= 4 is 11.6 Å². The first-order valence-corrected chi connectivity index (χ1v) is 6.79. The summed E-state index contributed by atoms with van der Waals surface area (Å²) < 4.78 is 5.56. The standard InChI is InChI=1S/C14H21N3O2/c1-15-14(18)13-9-12(5-7-17-13)16-6-2-8-19-10-11-3-4-11/h5,7,9,11H,2-4,6,8,10H2,1H3,(H,15,18)(H,16,17). The van der Waals surface area contributed by atoms with E-state index in [9.17, 15) is 4.79 Å². The minimum atomic E-state index is -0.170. The molecule has 0 spiro atoms. The maximum absolute atomic E-state index is 11.4. The van der Waals surface area contributed by atoms with Crippen LogP contribution in [-0.2, 0) is 4.74 Å². The van der Waals surface area contributed by atoms with E-state index in [1.165, 1.54) is 12.8 Å². The highest BCUT2D eigenvalue weighted by atomic mass is 16.5. The second-order valence-corrected chi connectivity index (χ2v) is 4.81. The Balaban J connectivity index is 1.65. The largest absolute Gasteiger partial charge is 0.385 e. The Labute approximate surface area is 113 Å². The zero-order valence-electron chi connectivity index (χ0n) is 11.3. The van der Waals surface area contributed by atoms with Gasteiger partial charge in [-0.15, -0.1) is 0 Å². The third-order valence-corrected chi connectivity index (χ3v) is 3.06. The second kappa shape index (κ2) is 7.09. The number of carbonyl (C=O) groups is 1. The number of ether oxygens (including phenoxy) is 1. The molecule has 2 N–H and O–H groups in total. The molecule has 1 aliphatic carbocycles. The van der Waals surface area contributed by atoms with Crippen LogP contribution in [0.4, 0.5) is 5.69 Å². The predicted molar refractivity (Wildman–Crippen MR) is 74.3 cm³/mol. The Hall–Kier alpha value is -1.62. The van der Waals surface area contributed by atoms with Gasteiger partial charge in [0.15, 0.2) is 0 Å². The number of carbonyl (C=O) groups excluding carboxylic acids is 1. The van der Waals surface area contributed by atoms with Gasteiger partial charge in [-0.05, 0) is 37.3 Å². The predicted octanol–water partition coefficient (Wildman–Crippen LogP) is 1.67. The average molecular weight is 263 g/mol. The molecular formula is C14H21N3O2. The van der Waals surface area contributed by atoms with Crippen LogP contribution < -0.4 is 10.6 Å². The summed E-state index contributed by atoms with van der Waals surface area (Å²) in [5.41, 5.74) is 1.34.